The van der Waals surface area contributed by atoms with Crippen LogP contribution in [0, 0.1) is 30.3 Å². The second kappa shape index (κ2) is 5.74. The van der Waals surface area contributed by atoms with Gasteiger partial charge in [0.25, 0.3) is 5.69 Å². The summed E-state index contributed by atoms with van der Waals surface area (Å²) in [7, 11) is 0. The quantitative estimate of drug-likeness (QED) is 0.469. The summed E-state index contributed by atoms with van der Waals surface area (Å²) in [6, 6.07) is 4.38. The summed E-state index contributed by atoms with van der Waals surface area (Å²) in [5.74, 6) is 0. The maximum Gasteiger partial charge on any atom is 0.310 e. The number of benzene rings is 1. The molecule has 1 aromatic carbocycles. The summed E-state index contributed by atoms with van der Waals surface area (Å²) < 4.78 is 1.16. The molecule has 112 valence electrons. The van der Waals surface area contributed by atoms with Crippen LogP contribution in [0.1, 0.15) is 0 Å². The van der Waals surface area contributed by atoms with Gasteiger partial charge in [-0.25, -0.2) is 4.68 Å². The second-order valence-corrected chi connectivity index (χ2v) is 3.86. The molecular weight excluding hydrogens is 300 g/mol. The van der Waals surface area contributed by atoms with E-state index in [1.165, 1.54) is 12.4 Å². The Morgan fingerprint density at radius 3 is 1.77 bits per heavy atom. The van der Waals surface area contributed by atoms with Crippen molar-refractivity contribution in [3.8, 4) is 0 Å². The van der Waals surface area contributed by atoms with Crippen molar-refractivity contribution in [3.05, 3.63) is 67.0 Å². The lowest BCUT2D eigenvalue weighted by atomic mass is 10.2. The van der Waals surface area contributed by atoms with Crippen molar-refractivity contribution in [3.63, 3.8) is 0 Å². The highest BCUT2D eigenvalue weighted by Crippen LogP contribution is 2.40. The average Bonchev–Trinajstić information content (AvgIpc) is 2.96. The number of nitro groups is 3. The van der Waals surface area contributed by atoms with Crippen molar-refractivity contribution in [2.45, 2.75) is 0 Å². The van der Waals surface area contributed by atoms with Gasteiger partial charge in [0.1, 0.15) is 0 Å². The number of nitro benzene ring substituents is 3. The highest BCUT2D eigenvalue weighted by molar-refractivity contribution is 5.73. The van der Waals surface area contributed by atoms with Crippen LogP contribution in [-0.4, -0.2) is 19.4 Å². The SMILES string of the molecule is O=[N+]([O-])c1cc([N+](=O)[O-])c(N=Nn2cccc2)c([N+](=O)[O-])c1. The molecule has 0 aliphatic heterocycles. The van der Waals surface area contributed by atoms with Gasteiger partial charge in [0.05, 0.1) is 26.9 Å². The molecule has 1 aromatic heterocycles. The van der Waals surface area contributed by atoms with Gasteiger partial charge >= 0.3 is 11.4 Å². The molecular formula is C10H6N6O6. The molecule has 0 amide bonds. The van der Waals surface area contributed by atoms with E-state index in [0.717, 1.165) is 4.68 Å². The monoisotopic (exact) mass is 306 g/mol. The van der Waals surface area contributed by atoms with Gasteiger partial charge in [-0.15, -0.1) is 5.11 Å². The highest BCUT2D eigenvalue weighted by atomic mass is 16.6. The Bertz CT molecular complexity index is 748. The van der Waals surface area contributed by atoms with E-state index in [0.29, 0.717) is 12.1 Å². The molecule has 0 bridgehead atoms. The van der Waals surface area contributed by atoms with Crippen LogP contribution in [0.15, 0.2) is 47.0 Å². The van der Waals surface area contributed by atoms with Gasteiger partial charge in [-0.1, -0.05) is 5.22 Å². The molecule has 0 fully saturated rings. The molecule has 0 saturated heterocycles. The molecule has 12 heteroatoms. The fourth-order valence-corrected chi connectivity index (χ4v) is 1.56. The minimum absolute atomic E-state index is 0.594. The summed E-state index contributed by atoms with van der Waals surface area (Å²) in [6.07, 6.45) is 2.90. The van der Waals surface area contributed by atoms with Crippen molar-refractivity contribution in [2.75, 3.05) is 0 Å². The predicted molar refractivity (Wildman–Crippen MR) is 70.8 cm³/mol. The lowest BCUT2D eigenvalue weighted by molar-refractivity contribution is -0.402. The minimum atomic E-state index is -0.996. The largest absolute Gasteiger partial charge is 0.310 e. The highest BCUT2D eigenvalue weighted by Gasteiger charge is 2.30. The molecule has 12 nitrogen and oxygen atoms in total. The van der Waals surface area contributed by atoms with E-state index in [1.807, 2.05) is 0 Å². The van der Waals surface area contributed by atoms with Gasteiger partial charge in [-0.2, -0.15) is 0 Å². The number of hydrogen-bond acceptors (Lipinski definition) is 8. The zero-order valence-electron chi connectivity index (χ0n) is 10.6. The zero-order chi connectivity index (χ0) is 16.3. The predicted octanol–water partition coefficient (Wildman–Crippen LogP) is 2.76. The Kier molecular flexibility index (Phi) is 3.84. The first-order valence-corrected chi connectivity index (χ1v) is 5.56. The van der Waals surface area contributed by atoms with Gasteiger partial charge < -0.3 is 0 Å². The Balaban J connectivity index is 2.65. The van der Waals surface area contributed by atoms with Gasteiger partial charge in [0.15, 0.2) is 0 Å². The van der Waals surface area contributed by atoms with Crippen LogP contribution in [-0.2, 0) is 0 Å². The smallest absolute Gasteiger partial charge is 0.258 e. The normalized spacial score (nSPS) is 10.7. The topological polar surface area (TPSA) is 159 Å². The van der Waals surface area contributed by atoms with E-state index in [9.17, 15) is 30.3 Å². The summed E-state index contributed by atoms with van der Waals surface area (Å²) >= 11 is 0. The van der Waals surface area contributed by atoms with Crippen molar-refractivity contribution in [2.24, 2.45) is 10.3 Å². The van der Waals surface area contributed by atoms with Crippen molar-refractivity contribution in [1.29, 1.82) is 0 Å². The maximum atomic E-state index is 11.0. The fraction of sp³-hybridized carbons (Fsp3) is 0. The Hall–Kier alpha value is -3.70. The van der Waals surface area contributed by atoms with Crippen molar-refractivity contribution >= 4 is 22.7 Å². The lowest BCUT2D eigenvalue weighted by Crippen LogP contribution is -1.97. The van der Waals surface area contributed by atoms with E-state index in [-0.39, 0.29) is 0 Å². The van der Waals surface area contributed by atoms with Gasteiger partial charge in [0, 0.05) is 12.4 Å². The molecule has 0 atom stereocenters. The summed E-state index contributed by atoms with van der Waals surface area (Å²) in [5.41, 5.74) is -3.21. The summed E-state index contributed by atoms with van der Waals surface area (Å²) in [5, 5.41) is 39.7. The molecule has 0 aliphatic rings. The summed E-state index contributed by atoms with van der Waals surface area (Å²) in [4.78, 5) is 29.7. The van der Waals surface area contributed by atoms with Crippen LogP contribution in [0.4, 0.5) is 22.7 Å². The number of nitrogens with zero attached hydrogens (tertiary/aromatic N) is 6. The van der Waals surface area contributed by atoms with Crippen molar-refractivity contribution < 1.29 is 14.8 Å². The molecule has 0 aliphatic carbocycles. The Labute approximate surface area is 120 Å². The first kappa shape index (κ1) is 14.7. The van der Waals surface area contributed by atoms with Gasteiger partial charge in [-0.3, -0.25) is 30.3 Å². The number of aromatic nitrogens is 1. The number of rotatable bonds is 5. The zero-order valence-corrected chi connectivity index (χ0v) is 10.6. The standard InChI is InChI=1S/C10H6N6O6/c17-14(18)7-5-8(15(19)20)10(9(6-7)16(21)22)11-12-13-3-1-2-4-13/h1-6H. The first-order chi connectivity index (χ1) is 10.4. The molecule has 2 aromatic rings. The van der Waals surface area contributed by atoms with Crippen LogP contribution < -0.4 is 0 Å². The van der Waals surface area contributed by atoms with Crippen LogP contribution >= 0.6 is 0 Å². The van der Waals surface area contributed by atoms with E-state index in [2.05, 4.69) is 10.3 Å². The van der Waals surface area contributed by atoms with Crippen LogP contribution in [0.5, 0.6) is 0 Å². The van der Waals surface area contributed by atoms with E-state index >= 15 is 0 Å². The van der Waals surface area contributed by atoms with E-state index < -0.39 is 37.5 Å². The van der Waals surface area contributed by atoms with E-state index in [1.54, 1.807) is 12.1 Å². The number of non-ortho nitro benzene ring substituents is 1. The molecule has 2 rings (SSSR count). The molecule has 0 spiro atoms. The molecule has 0 unspecified atom stereocenters. The third-order valence-corrected chi connectivity index (χ3v) is 2.50. The van der Waals surface area contributed by atoms with Gasteiger partial charge in [-0.05, 0) is 12.1 Å². The van der Waals surface area contributed by atoms with Crippen LogP contribution in [0.25, 0.3) is 0 Å². The number of hydrogen-bond donors (Lipinski definition) is 0. The maximum absolute atomic E-state index is 11.0. The molecule has 0 radical (unpaired) electrons. The van der Waals surface area contributed by atoms with Crippen molar-refractivity contribution in [1.82, 2.24) is 4.68 Å². The molecule has 0 N–H and O–H groups in total. The summed E-state index contributed by atoms with van der Waals surface area (Å²) in [6.45, 7) is 0. The van der Waals surface area contributed by atoms with Crippen LogP contribution in [0.2, 0.25) is 0 Å². The third-order valence-electron chi connectivity index (χ3n) is 2.50. The lowest BCUT2D eigenvalue weighted by Gasteiger charge is -1.99. The van der Waals surface area contributed by atoms with Crippen LogP contribution in [0.3, 0.4) is 0 Å². The second-order valence-electron chi connectivity index (χ2n) is 3.86. The molecule has 22 heavy (non-hydrogen) atoms. The Morgan fingerprint density at radius 1 is 0.864 bits per heavy atom. The van der Waals surface area contributed by atoms with Gasteiger partial charge in [0.2, 0.25) is 5.69 Å². The molecule has 0 saturated carbocycles. The molecule has 1 heterocycles. The Morgan fingerprint density at radius 2 is 1.36 bits per heavy atom. The first-order valence-electron chi connectivity index (χ1n) is 5.56. The average molecular weight is 306 g/mol. The van der Waals surface area contributed by atoms with E-state index in [4.69, 9.17) is 0 Å². The minimum Gasteiger partial charge on any atom is -0.258 e. The third kappa shape index (κ3) is 2.90. The fourth-order valence-electron chi connectivity index (χ4n) is 1.56.